The Hall–Kier alpha value is -0.810. The van der Waals surface area contributed by atoms with E-state index in [1.807, 2.05) is 13.8 Å². The molecule has 0 aromatic carbocycles. The first-order valence-corrected chi connectivity index (χ1v) is 4.31. The van der Waals surface area contributed by atoms with Crippen LogP contribution in [-0.4, -0.2) is 11.8 Å². The molecular weight excluding hydrogens is 150 g/mol. The molecule has 0 fully saturated rings. The molecule has 0 saturated heterocycles. The van der Waals surface area contributed by atoms with Crippen LogP contribution in [0.25, 0.3) is 0 Å². The molecule has 0 radical (unpaired) electrons. The molecule has 68 valence electrons. The van der Waals surface area contributed by atoms with Gasteiger partial charge in [-0.2, -0.15) is 0 Å². The topological polar surface area (TPSA) is 43.1 Å². The first-order chi connectivity index (χ1) is 5.59. The van der Waals surface area contributed by atoms with Crippen molar-refractivity contribution in [3.8, 4) is 12.3 Å². The van der Waals surface area contributed by atoms with E-state index < -0.39 is 0 Å². The predicted molar refractivity (Wildman–Crippen MR) is 50.5 cm³/mol. The van der Waals surface area contributed by atoms with Gasteiger partial charge in [-0.15, -0.1) is 12.3 Å². The van der Waals surface area contributed by atoms with Crippen molar-refractivity contribution in [3.63, 3.8) is 0 Å². The molecule has 2 N–H and O–H groups in total. The molecule has 0 spiro atoms. The zero-order chi connectivity index (χ0) is 9.56. The minimum Gasteiger partial charge on any atom is -0.327 e. The summed E-state index contributed by atoms with van der Waals surface area (Å²) in [5.74, 6) is 2.69. The Balaban J connectivity index is 3.66. The molecule has 2 unspecified atom stereocenters. The number of ketones is 1. The molecule has 0 aromatic heterocycles. The van der Waals surface area contributed by atoms with E-state index in [1.54, 1.807) is 0 Å². The molecule has 12 heavy (non-hydrogen) atoms. The minimum absolute atomic E-state index is 0.0391. The van der Waals surface area contributed by atoms with Gasteiger partial charge in [-0.25, -0.2) is 0 Å². The fourth-order valence-electron chi connectivity index (χ4n) is 0.886. The fourth-order valence-corrected chi connectivity index (χ4v) is 0.886. The van der Waals surface area contributed by atoms with E-state index in [0.717, 1.165) is 6.42 Å². The molecule has 0 heterocycles. The highest BCUT2D eigenvalue weighted by atomic mass is 16.1. The summed E-state index contributed by atoms with van der Waals surface area (Å²) in [6, 6.07) is -0.0525. The van der Waals surface area contributed by atoms with E-state index in [1.165, 1.54) is 0 Å². The van der Waals surface area contributed by atoms with Crippen LogP contribution in [0.15, 0.2) is 0 Å². The van der Waals surface area contributed by atoms with Crippen molar-refractivity contribution in [2.24, 2.45) is 11.7 Å². The number of unbranched alkanes of at least 4 members (excludes halogenated alkanes) is 1. The maximum atomic E-state index is 11.3. The number of carbonyl (C=O) groups excluding carboxylic acids is 1. The Morgan fingerprint density at radius 3 is 2.58 bits per heavy atom. The Morgan fingerprint density at radius 1 is 1.58 bits per heavy atom. The van der Waals surface area contributed by atoms with Crippen LogP contribution in [-0.2, 0) is 4.79 Å². The molecular formula is C10H17NO. The average molecular weight is 167 g/mol. The van der Waals surface area contributed by atoms with Gasteiger partial charge in [0.05, 0.1) is 0 Å². The summed E-state index contributed by atoms with van der Waals surface area (Å²) in [7, 11) is 0. The Morgan fingerprint density at radius 2 is 2.17 bits per heavy atom. The highest BCUT2D eigenvalue weighted by Gasteiger charge is 2.15. The maximum absolute atomic E-state index is 11.3. The van der Waals surface area contributed by atoms with Gasteiger partial charge in [0, 0.05) is 24.8 Å². The van der Waals surface area contributed by atoms with Crippen LogP contribution in [0.4, 0.5) is 0 Å². The quantitative estimate of drug-likeness (QED) is 0.496. The number of nitrogens with two attached hydrogens (primary N) is 1. The highest BCUT2D eigenvalue weighted by Crippen LogP contribution is 2.07. The van der Waals surface area contributed by atoms with E-state index in [0.29, 0.717) is 12.8 Å². The van der Waals surface area contributed by atoms with Crippen molar-refractivity contribution < 1.29 is 4.79 Å². The normalized spacial score (nSPS) is 14.8. The maximum Gasteiger partial charge on any atom is 0.137 e. The van der Waals surface area contributed by atoms with Crippen molar-refractivity contribution in [2.75, 3.05) is 0 Å². The zero-order valence-electron chi connectivity index (χ0n) is 7.84. The summed E-state index contributed by atoms with van der Waals surface area (Å²) in [6.45, 7) is 3.71. The number of terminal acetylenes is 1. The molecule has 2 heteroatoms. The molecule has 2 nitrogen and oxygen atoms in total. The van der Waals surface area contributed by atoms with Crippen LogP contribution in [0.2, 0.25) is 0 Å². The third kappa shape index (κ3) is 4.15. The summed E-state index contributed by atoms with van der Waals surface area (Å²) in [4.78, 5) is 11.3. The predicted octanol–water partition coefficient (Wildman–Crippen LogP) is 1.34. The lowest BCUT2D eigenvalue weighted by atomic mass is 9.96. The number of rotatable bonds is 5. The van der Waals surface area contributed by atoms with Crippen LogP contribution < -0.4 is 5.73 Å². The van der Waals surface area contributed by atoms with Gasteiger partial charge in [0.25, 0.3) is 0 Å². The van der Waals surface area contributed by atoms with E-state index in [9.17, 15) is 4.79 Å². The van der Waals surface area contributed by atoms with Gasteiger partial charge in [-0.3, -0.25) is 4.79 Å². The van der Waals surface area contributed by atoms with Crippen molar-refractivity contribution in [1.29, 1.82) is 0 Å². The first-order valence-electron chi connectivity index (χ1n) is 4.31. The monoisotopic (exact) mass is 167 g/mol. The minimum atomic E-state index is -0.0525. The number of carbonyl (C=O) groups is 1. The summed E-state index contributed by atoms with van der Waals surface area (Å²) in [6.07, 6.45) is 7.09. The van der Waals surface area contributed by atoms with E-state index in [2.05, 4.69) is 5.92 Å². The van der Waals surface area contributed by atoms with Crippen molar-refractivity contribution >= 4 is 5.78 Å². The first kappa shape index (κ1) is 11.2. The third-order valence-electron chi connectivity index (χ3n) is 2.04. The summed E-state index contributed by atoms with van der Waals surface area (Å²) >= 11 is 0. The van der Waals surface area contributed by atoms with Crippen LogP contribution in [0.3, 0.4) is 0 Å². The van der Waals surface area contributed by atoms with Crippen molar-refractivity contribution in [2.45, 2.75) is 39.2 Å². The van der Waals surface area contributed by atoms with E-state index in [4.69, 9.17) is 12.2 Å². The van der Waals surface area contributed by atoms with Gasteiger partial charge in [-0.05, 0) is 13.3 Å². The van der Waals surface area contributed by atoms with Gasteiger partial charge in [0.1, 0.15) is 5.78 Å². The van der Waals surface area contributed by atoms with Crippen LogP contribution in [0.1, 0.15) is 33.1 Å². The summed E-state index contributed by atoms with van der Waals surface area (Å²) < 4.78 is 0. The Bertz CT molecular complexity index is 179. The molecule has 0 aliphatic carbocycles. The van der Waals surface area contributed by atoms with Crippen molar-refractivity contribution in [1.82, 2.24) is 0 Å². The molecule has 0 amide bonds. The number of Topliss-reactive ketones (excluding diaryl/α,β-unsaturated/α-hetero) is 1. The fraction of sp³-hybridized carbons (Fsp3) is 0.700. The molecule has 0 rings (SSSR count). The Labute approximate surface area is 74.5 Å². The molecule has 0 aliphatic rings. The summed E-state index contributed by atoms with van der Waals surface area (Å²) in [5, 5.41) is 0. The van der Waals surface area contributed by atoms with Crippen molar-refractivity contribution in [3.05, 3.63) is 0 Å². The highest BCUT2D eigenvalue weighted by molar-refractivity contribution is 5.81. The van der Waals surface area contributed by atoms with Crippen LogP contribution >= 0.6 is 0 Å². The lowest BCUT2D eigenvalue weighted by Gasteiger charge is -2.13. The molecule has 0 bridgehead atoms. The largest absolute Gasteiger partial charge is 0.327 e. The standard InChI is InChI=1S/C10H17NO/c1-4-5-6-7-10(12)8(2)9(3)11/h1,8-9H,5-7,11H2,2-3H3. The van der Waals surface area contributed by atoms with E-state index in [-0.39, 0.29) is 17.7 Å². The lowest BCUT2D eigenvalue weighted by molar-refractivity contribution is -0.122. The average Bonchev–Trinajstić information content (AvgIpc) is 2.03. The number of hydrogen-bond acceptors (Lipinski definition) is 2. The molecule has 0 aromatic rings. The SMILES string of the molecule is C#CCCCC(=O)C(C)C(C)N. The lowest BCUT2D eigenvalue weighted by Crippen LogP contribution is -2.30. The molecule has 2 atom stereocenters. The second-order valence-corrected chi connectivity index (χ2v) is 3.17. The second kappa shape index (κ2) is 5.79. The van der Waals surface area contributed by atoms with Gasteiger partial charge in [0.2, 0.25) is 0 Å². The number of hydrogen-bond donors (Lipinski definition) is 1. The van der Waals surface area contributed by atoms with Crippen LogP contribution in [0.5, 0.6) is 0 Å². The molecule has 0 saturated carbocycles. The zero-order valence-corrected chi connectivity index (χ0v) is 7.84. The second-order valence-electron chi connectivity index (χ2n) is 3.17. The smallest absolute Gasteiger partial charge is 0.137 e. The van der Waals surface area contributed by atoms with E-state index >= 15 is 0 Å². The van der Waals surface area contributed by atoms with Gasteiger partial charge in [-0.1, -0.05) is 6.92 Å². The van der Waals surface area contributed by atoms with Gasteiger partial charge >= 0.3 is 0 Å². The van der Waals surface area contributed by atoms with Crippen LogP contribution in [0, 0.1) is 18.3 Å². The molecule has 0 aliphatic heterocycles. The Kier molecular flexibility index (Phi) is 5.40. The third-order valence-corrected chi connectivity index (χ3v) is 2.04. The summed E-state index contributed by atoms with van der Waals surface area (Å²) in [5.41, 5.74) is 5.58. The van der Waals surface area contributed by atoms with Gasteiger partial charge < -0.3 is 5.73 Å². The van der Waals surface area contributed by atoms with Gasteiger partial charge in [0.15, 0.2) is 0 Å².